The molecule has 1 aliphatic heterocycles. The van der Waals surface area contributed by atoms with Gasteiger partial charge in [-0.25, -0.2) is 18.6 Å². The minimum absolute atomic E-state index is 0.183. The van der Waals surface area contributed by atoms with E-state index in [1.807, 2.05) is 51.1 Å². The number of anilines is 1. The van der Waals surface area contributed by atoms with Crippen molar-refractivity contribution in [2.24, 2.45) is 5.92 Å². The molecule has 39 heavy (non-hydrogen) atoms. The second kappa shape index (κ2) is 10.8. The molecule has 0 saturated carbocycles. The van der Waals surface area contributed by atoms with E-state index in [4.69, 9.17) is 21.3 Å². The molecule has 5 rings (SSSR count). The number of likely N-dealkylation sites (tertiary alicyclic amines) is 1. The highest BCUT2D eigenvalue weighted by molar-refractivity contribution is 6.33. The van der Waals surface area contributed by atoms with Gasteiger partial charge in [0.2, 0.25) is 5.95 Å². The van der Waals surface area contributed by atoms with Crippen molar-refractivity contribution in [3.05, 3.63) is 76.9 Å². The SMILES string of the molecule is CC(C)(C)OC(=O)N1CC[C@H](Cn2c(-c3ccccc3Cl)cc3cnc(NCc4ccc(F)c(F)c4)nc32)C1. The third-order valence-electron chi connectivity index (χ3n) is 6.60. The van der Waals surface area contributed by atoms with E-state index in [-0.39, 0.29) is 18.6 Å². The van der Waals surface area contributed by atoms with E-state index in [1.165, 1.54) is 6.07 Å². The number of fused-ring (bicyclic) bond motifs is 1. The van der Waals surface area contributed by atoms with Crippen molar-refractivity contribution in [1.29, 1.82) is 0 Å². The van der Waals surface area contributed by atoms with Crippen molar-refractivity contribution in [1.82, 2.24) is 19.4 Å². The van der Waals surface area contributed by atoms with E-state index >= 15 is 0 Å². The summed E-state index contributed by atoms with van der Waals surface area (Å²) in [6, 6.07) is 13.4. The molecular weight excluding hydrogens is 524 g/mol. The van der Waals surface area contributed by atoms with Crippen molar-refractivity contribution in [2.45, 2.75) is 45.9 Å². The Kier molecular flexibility index (Phi) is 7.44. The molecule has 0 bridgehead atoms. The zero-order valence-electron chi connectivity index (χ0n) is 22.0. The Balaban J connectivity index is 1.43. The van der Waals surface area contributed by atoms with Gasteiger partial charge in [-0.3, -0.25) is 0 Å². The predicted molar refractivity (Wildman–Crippen MR) is 148 cm³/mol. The molecule has 0 aliphatic carbocycles. The lowest BCUT2D eigenvalue weighted by molar-refractivity contribution is 0.0287. The Morgan fingerprint density at radius 3 is 2.69 bits per heavy atom. The summed E-state index contributed by atoms with van der Waals surface area (Å²) in [5.41, 5.74) is 2.50. The van der Waals surface area contributed by atoms with Crippen LogP contribution in [0.4, 0.5) is 19.5 Å². The first-order valence-corrected chi connectivity index (χ1v) is 13.2. The van der Waals surface area contributed by atoms with Crippen LogP contribution in [-0.2, 0) is 17.8 Å². The molecule has 1 amide bonds. The highest BCUT2D eigenvalue weighted by Crippen LogP contribution is 2.34. The largest absolute Gasteiger partial charge is 0.444 e. The maximum atomic E-state index is 13.6. The van der Waals surface area contributed by atoms with Gasteiger partial charge >= 0.3 is 6.09 Å². The molecule has 4 aromatic rings. The standard InChI is InChI=1S/C29H30ClF2N5O2/c1-29(2,3)39-28(38)36-11-10-19(16-36)17-37-25(21-6-4-5-7-22(21)30)13-20-15-34-27(35-26(20)37)33-14-18-8-9-23(31)24(32)12-18/h4-9,12-13,15,19H,10-11,14,16-17H2,1-3H3,(H,33,34,35)/t19-/m0/s1. The summed E-state index contributed by atoms with van der Waals surface area (Å²) in [6.07, 6.45) is 2.25. The van der Waals surface area contributed by atoms with E-state index in [0.717, 1.165) is 35.2 Å². The number of halogens is 3. The van der Waals surface area contributed by atoms with Crippen molar-refractivity contribution in [3.63, 3.8) is 0 Å². The second-order valence-electron chi connectivity index (χ2n) is 10.8. The Hall–Kier alpha value is -3.72. The summed E-state index contributed by atoms with van der Waals surface area (Å²) in [5, 5.41) is 4.56. The molecule has 1 saturated heterocycles. The first-order chi connectivity index (χ1) is 18.6. The number of rotatable bonds is 6. The summed E-state index contributed by atoms with van der Waals surface area (Å²) in [6.45, 7) is 7.62. The van der Waals surface area contributed by atoms with Crippen LogP contribution in [0.5, 0.6) is 0 Å². The smallest absolute Gasteiger partial charge is 0.410 e. The number of nitrogens with zero attached hydrogens (tertiary/aromatic N) is 4. The van der Waals surface area contributed by atoms with Crippen molar-refractivity contribution < 1.29 is 18.3 Å². The Morgan fingerprint density at radius 2 is 1.95 bits per heavy atom. The Labute approximate surface area is 230 Å². The van der Waals surface area contributed by atoms with Gasteiger partial charge in [0.05, 0.1) is 5.69 Å². The number of carbonyl (C=O) groups excluding carboxylic acids is 1. The fourth-order valence-electron chi connectivity index (χ4n) is 4.76. The normalized spacial score (nSPS) is 15.6. The first kappa shape index (κ1) is 26.9. The number of ether oxygens (including phenoxy) is 1. The van der Waals surface area contributed by atoms with Crippen LogP contribution in [0.1, 0.15) is 32.8 Å². The van der Waals surface area contributed by atoms with Crippen LogP contribution in [-0.4, -0.2) is 44.2 Å². The lowest BCUT2D eigenvalue weighted by atomic mass is 10.1. The van der Waals surface area contributed by atoms with Crippen LogP contribution in [0.3, 0.4) is 0 Å². The summed E-state index contributed by atoms with van der Waals surface area (Å²) >= 11 is 6.59. The average molecular weight is 554 g/mol. The van der Waals surface area contributed by atoms with Crippen LogP contribution >= 0.6 is 11.6 Å². The fraction of sp³-hybridized carbons (Fsp3) is 0.345. The average Bonchev–Trinajstić information content (AvgIpc) is 3.49. The topological polar surface area (TPSA) is 72.3 Å². The van der Waals surface area contributed by atoms with Gasteiger partial charge < -0.3 is 19.5 Å². The number of hydrogen-bond donors (Lipinski definition) is 1. The Bertz CT molecular complexity index is 1520. The number of carbonyl (C=O) groups is 1. The van der Waals surface area contributed by atoms with Gasteiger partial charge in [-0.2, -0.15) is 4.98 Å². The zero-order valence-corrected chi connectivity index (χ0v) is 22.8. The van der Waals surface area contributed by atoms with Gasteiger partial charge in [0.25, 0.3) is 0 Å². The van der Waals surface area contributed by atoms with Crippen molar-refractivity contribution in [2.75, 3.05) is 18.4 Å². The molecule has 1 atom stereocenters. The number of nitrogens with one attached hydrogen (secondary N) is 1. The van der Waals surface area contributed by atoms with Gasteiger partial charge in [0, 0.05) is 48.3 Å². The zero-order chi connectivity index (χ0) is 27.7. The maximum absolute atomic E-state index is 13.6. The molecule has 0 spiro atoms. The third-order valence-corrected chi connectivity index (χ3v) is 6.93. The molecule has 2 aromatic heterocycles. The van der Waals surface area contributed by atoms with E-state index in [0.29, 0.717) is 41.8 Å². The number of aromatic nitrogens is 3. The Morgan fingerprint density at radius 1 is 1.15 bits per heavy atom. The van der Waals surface area contributed by atoms with Gasteiger partial charge in [-0.05, 0) is 62.9 Å². The number of amides is 1. The highest BCUT2D eigenvalue weighted by atomic mass is 35.5. The summed E-state index contributed by atoms with van der Waals surface area (Å²) < 4.78 is 34.6. The lowest BCUT2D eigenvalue weighted by Gasteiger charge is -2.24. The maximum Gasteiger partial charge on any atom is 0.410 e. The summed E-state index contributed by atoms with van der Waals surface area (Å²) in [4.78, 5) is 23.6. The van der Waals surface area contributed by atoms with Gasteiger partial charge in [-0.1, -0.05) is 35.9 Å². The number of benzene rings is 2. The summed E-state index contributed by atoms with van der Waals surface area (Å²) in [5.74, 6) is -1.25. The van der Waals surface area contributed by atoms with Crippen LogP contribution in [0.25, 0.3) is 22.3 Å². The predicted octanol–water partition coefficient (Wildman–Crippen LogP) is 6.90. The van der Waals surface area contributed by atoms with E-state index in [1.54, 1.807) is 11.1 Å². The molecule has 7 nitrogen and oxygen atoms in total. The molecule has 10 heteroatoms. The van der Waals surface area contributed by atoms with Crippen molar-refractivity contribution >= 4 is 34.7 Å². The minimum atomic E-state index is -0.902. The van der Waals surface area contributed by atoms with Crippen molar-refractivity contribution in [3.8, 4) is 11.3 Å². The molecule has 0 unspecified atom stereocenters. The van der Waals surface area contributed by atoms with Crippen LogP contribution < -0.4 is 5.32 Å². The molecule has 1 N–H and O–H groups in total. The third kappa shape index (κ3) is 6.14. The van der Waals surface area contributed by atoms with Crippen LogP contribution in [0.15, 0.2) is 54.7 Å². The lowest BCUT2D eigenvalue weighted by Crippen LogP contribution is -2.35. The quantitative estimate of drug-likeness (QED) is 0.281. The van der Waals surface area contributed by atoms with E-state index < -0.39 is 17.2 Å². The fourth-order valence-corrected chi connectivity index (χ4v) is 5.00. The molecule has 0 radical (unpaired) electrons. The van der Waals surface area contributed by atoms with Gasteiger partial charge in [0.1, 0.15) is 11.2 Å². The first-order valence-electron chi connectivity index (χ1n) is 12.8. The minimum Gasteiger partial charge on any atom is -0.444 e. The molecule has 204 valence electrons. The molecule has 1 fully saturated rings. The second-order valence-corrected chi connectivity index (χ2v) is 11.2. The van der Waals surface area contributed by atoms with E-state index in [2.05, 4.69) is 14.9 Å². The monoisotopic (exact) mass is 553 g/mol. The van der Waals surface area contributed by atoms with Gasteiger partial charge in [-0.15, -0.1) is 0 Å². The van der Waals surface area contributed by atoms with E-state index in [9.17, 15) is 13.6 Å². The van der Waals surface area contributed by atoms with Crippen LogP contribution in [0, 0.1) is 17.6 Å². The van der Waals surface area contributed by atoms with Crippen LogP contribution in [0.2, 0.25) is 5.02 Å². The molecule has 3 heterocycles. The van der Waals surface area contributed by atoms with Gasteiger partial charge in [0.15, 0.2) is 11.6 Å². The molecule has 2 aromatic carbocycles. The summed E-state index contributed by atoms with van der Waals surface area (Å²) in [7, 11) is 0. The molecular formula is C29H30ClF2N5O2. The molecule has 1 aliphatic rings. The highest BCUT2D eigenvalue weighted by Gasteiger charge is 2.31. The number of hydrogen-bond acceptors (Lipinski definition) is 5.